The molecular weight excluding hydrogens is 755 g/mol. The highest BCUT2D eigenvalue weighted by atomic mass is 32.2. The number of amides is 2. The number of ketones is 1. The normalized spacial score (nSPS) is 13.8. The molecule has 0 radical (unpaired) electrons. The van der Waals surface area contributed by atoms with Crippen molar-refractivity contribution >= 4 is 49.7 Å². The minimum absolute atomic E-state index is 0.106. The number of methoxy groups -OCH3 is 2. The molecule has 1 aliphatic heterocycles. The molecule has 0 atom stereocenters. The predicted octanol–water partition coefficient (Wildman–Crippen LogP) is 9.25. The monoisotopic (exact) mass is 807 g/mol. The van der Waals surface area contributed by atoms with Crippen molar-refractivity contribution in [2.75, 3.05) is 56.0 Å². The highest BCUT2D eigenvalue weighted by Gasteiger charge is 2.23. The number of carbonyl (C=O) groups is 2. The quantitative estimate of drug-likeness (QED) is 0.0934. The van der Waals surface area contributed by atoms with Gasteiger partial charge in [0.15, 0.2) is 11.5 Å². The van der Waals surface area contributed by atoms with Gasteiger partial charge in [0, 0.05) is 41.6 Å². The molecule has 4 aromatic carbocycles. The maximum Gasteiger partial charge on any atom is 0.323 e. The molecule has 5 aromatic rings. The molecule has 0 spiro atoms. The first-order chi connectivity index (χ1) is 27.6. The van der Waals surface area contributed by atoms with Gasteiger partial charge in [-0.05, 0) is 104 Å². The molecule has 306 valence electrons. The summed E-state index contributed by atoms with van der Waals surface area (Å²) in [5.74, 6) is 2.61. The van der Waals surface area contributed by atoms with Gasteiger partial charge in [-0.25, -0.2) is 13.2 Å². The molecule has 1 aliphatic rings. The van der Waals surface area contributed by atoms with Crippen molar-refractivity contribution in [1.82, 2.24) is 9.88 Å². The maximum absolute atomic E-state index is 13.5. The Morgan fingerprint density at radius 3 is 2.24 bits per heavy atom. The summed E-state index contributed by atoms with van der Waals surface area (Å²) in [7, 11) is 1.52. The number of piperidine rings is 1. The standard InChI is InChI=1S/C45H53N5O7S/c1-45(2,3)31-26-38(43(56-6)39(27-31)49-58(7,53)54)48-44(52)47-37-15-17-41(35-11-9-8-10-34(35)37)57-33-18-21-46-32(28-33)24-30-12-14-36(42(25-30)55-5)40(51)16-13-29-19-22-50(4)23-20-29/h8-12,14-15,17-18,21,25-29,49H,13,16,19-20,22-24H2,1-7H3,(H2,47,48,52). The van der Waals surface area contributed by atoms with Crippen LogP contribution in [0.15, 0.2) is 85.1 Å². The van der Waals surface area contributed by atoms with E-state index in [1.54, 1.807) is 43.6 Å². The number of fused-ring (bicyclic) bond motifs is 1. The van der Waals surface area contributed by atoms with E-state index in [-0.39, 0.29) is 22.6 Å². The number of hydrogen-bond acceptors (Lipinski definition) is 9. The van der Waals surface area contributed by atoms with Crippen LogP contribution in [-0.2, 0) is 21.9 Å². The zero-order valence-corrected chi connectivity index (χ0v) is 35.1. The molecule has 2 amide bonds. The number of nitrogens with zero attached hydrogens (tertiary/aromatic N) is 2. The molecule has 0 saturated carbocycles. The van der Waals surface area contributed by atoms with E-state index in [0.717, 1.165) is 66.2 Å². The first kappa shape index (κ1) is 42.0. The smallest absolute Gasteiger partial charge is 0.323 e. The number of ether oxygens (including phenoxy) is 3. The van der Waals surface area contributed by atoms with Crippen LogP contribution in [0.1, 0.15) is 73.6 Å². The van der Waals surface area contributed by atoms with Gasteiger partial charge in [0.25, 0.3) is 0 Å². The maximum atomic E-state index is 13.5. The van der Waals surface area contributed by atoms with E-state index in [2.05, 4.69) is 32.3 Å². The number of benzene rings is 4. The van der Waals surface area contributed by atoms with Gasteiger partial charge in [0.05, 0.1) is 43.1 Å². The van der Waals surface area contributed by atoms with Gasteiger partial charge in [-0.3, -0.25) is 14.5 Å². The summed E-state index contributed by atoms with van der Waals surface area (Å²) in [5, 5.41) is 7.31. The van der Waals surface area contributed by atoms with Gasteiger partial charge in [0.2, 0.25) is 10.0 Å². The number of pyridine rings is 1. The average molecular weight is 808 g/mol. The number of likely N-dealkylation sites (tertiary alicyclic amines) is 1. The van der Waals surface area contributed by atoms with E-state index in [4.69, 9.17) is 14.2 Å². The summed E-state index contributed by atoms with van der Waals surface area (Å²) < 4.78 is 44.5. The lowest BCUT2D eigenvalue weighted by molar-refractivity contribution is 0.0962. The van der Waals surface area contributed by atoms with Crippen molar-refractivity contribution in [3.63, 3.8) is 0 Å². The molecule has 0 aliphatic carbocycles. The summed E-state index contributed by atoms with van der Waals surface area (Å²) in [5.41, 5.74) is 3.83. The minimum atomic E-state index is -3.64. The third-order valence-corrected chi connectivity index (χ3v) is 11.0. The molecule has 0 unspecified atom stereocenters. The van der Waals surface area contributed by atoms with Crippen LogP contribution in [0.25, 0.3) is 10.8 Å². The van der Waals surface area contributed by atoms with Crippen molar-refractivity contribution in [3.05, 3.63) is 107 Å². The number of rotatable bonds is 14. The van der Waals surface area contributed by atoms with E-state index in [0.29, 0.717) is 52.9 Å². The lowest BCUT2D eigenvalue weighted by Crippen LogP contribution is -2.30. The molecule has 0 bridgehead atoms. The fourth-order valence-corrected chi connectivity index (χ4v) is 7.80. The number of hydrogen-bond donors (Lipinski definition) is 3. The number of urea groups is 1. The van der Waals surface area contributed by atoms with E-state index < -0.39 is 16.1 Å². The Labute approximate surface area is 341 Å². The second kappa shape index (κ2) is 17.9. The summed E-state index contributed by atoms with van der Waals surface area (Å²) in [4.78, 5) is 33.7. The molecule has 1 fully saturated rings. The van der Waals surface area contributed by atoms with Crippen LogP contribution in [0.2, 0.25) is 0 Å². The first-order valence-electron chi connectivity index (χ1n) is 19.4. The summed E-state index contributed by atoms with van der Waals surface area (Å²) in [6.07, 6.45) is 6.94. The first-order valence-corrected chi connectivity index (χ1v) is 21.3. The molecule has 2 heterocycles. The number of Topliss-reactive ketones (excluding diaryl/α,β-unsaturated/α-hetero) is 1. The van der Waals surface area contributed by atoms with Crippen LogP contribution in [0.5, 0.6) is 23.0 Å². The second-order valence-electron chi connectivity index (χ2n) is 16.0. The van der Waals surface area contributed by atoms with Crippen LogP contribution >= 0.6 is 0 Å². The lowest BCUT2D eigenvalue weighted by Gasteiger charge is -2.28. The van der Waals surface area contributed by atoms with Gasteiger partial charge in [-0.1, -0.05) is 51.1 Å². The van der Waals surface area contributed by atoms with Crippen molar-refractivity contribution in [3.8, 4) is 23.0 Å². The Bertz CT molecular complexity index is 2400. The Morgan fingerprint density at radius 1 is 0.845 bits per heavy atom. The molecule has 12 nitrogen and oxygen atoms in total. The second-order valence-corrected chi connectivity index (χ2v) is 17.7. The van der Waals surface area contributed by atoms with Gasteiger partial charge in [-0.2, -0.15) is 0 Å². The van der Waals surface area contributed by atoms with Crippen LogP contribution in [0, 0.1) is 5.92 Å². The molecular formula is C45H53N5O7S. The topological polar surface area (TPSA) is 148 Å². The number of sulfonamides is 1. The Kier molecular flexibility index (Phi) is 12.9. The van der Waals surface area contributed by atoms with Gasteiger partial charge < -0.3 is 29.7 Å². The zero-order valence-electron chi connectivity index (χ0n) is 34.3. The number of anilines is 3. The van der Waals surface area contributed by atoms with Crippen molar-refractivity contribution in [2.45, 2.75) is 58.3 Å². The molecule has 13 heteroatoms. The van der Waals surface area contributed by atoms with E-state index >= 15 is 0 Å². The fraction of sp³-hybridized carbons (Fsp3) is 0.356. The number of carbonyl (C=O) groups excluding carboxylic acids is 2. The third-order valence-electron chi connectivity index (χ3n) is 10.4. The third kappa shape index (κ3) is 10.6. The van der Waals surface area contributed by atoms with Crippen LogP contribution in [0.3, 0.4) is 0 Å². The molecule has 1 aromatic heterocycles. The van der Waals surface area contributed by atoms with Crippen molar-refractivity contribution in [1.29, 1.82) is 0 Å². The summed E-state index contributed by atoms with van der Waals surface area (Å²) >= 11 is 0. The van der Waals surface area contributed by atoms with Crippen LogP contribution in [-0.4, -0.2) is 70.7 Å². The fourth-order valence-electron chi connectivity index (χ4n) is 7.24. The van der Waals surface area contributed by atoms with E-state index in [1.807, 2.05) is 69.3 Å². The van der Waals surface area contributed by atoms with Crippen molar-refractivity contribution < 1.29 is 32.2 Å². The number of aromatic nitrogens is 1. The Balaban J connectivity index is 1.16. The Morgan fingerprint density at radius 2 is 1.55 bits per heavy atom. The summed E-state index contributed by atoms with van der Waals surface area (Å²) in [6, 6.07) is 23.5. The molecule has 58 heavy (non-hydrogen) atoms. The summed E-state index contributed by atoms with van der Waals surface area (Å²) in [6.45, 7) is 8.14. The highest BCUT2D eigenvalue weighted by molar-refractivity contribution is 7.92. The largest absolute Gasteiger partial charge is 0.496 e. The van der Waals surface area contributed by atoms with E-state index in [9.17, 15) is 18.0 Å². The molecule has 3 N–H and O–H groups in total. The minimum Gasteiger partial charge on any atom is -0.496 e. The van der Waals surface area contributed by atoms with E-state index in [1.165, 1.54) is 7.11 Å². The molecule has 6 rings (SSSR count). The van der Waals surface area contributed by atoms with Crippen LogP contribution < -0.4 is 29.6 Å². The van der Waals surface area contributed by atoms with Gasteiger partial charge in [-0.15, -0.1) is 0 Å². The Hall–Kier alpha value is -5.66. The highest BCUT2D eigenvalue weighted by Crippen LogP contribution is 2.40. The zero-order chi connectivity index (χ0) is 41.6. The van der Waals surface area contributed by atoms with Gasteiger partial charge >= 0.3 is 6.03 Å². The van der Waals surface area contributed by atoms with Gasteiger partial charge in [0.1, 0.15) is 17.2 Å². The van der Waals surface area contributed by atoms with Crippen LogP contribution in [0.4, 0.5) is 21.9 Å². The average Bonchev–Trinajstić information content (AvgIpc) is 3.17. The molecule has 1 saturated heterocycles. The SMILES string of the molecule is COc1cc(Cc2cc(Oc3ccc(NC(=O)Nc4cc(C(C)(C)C)cc(NS(C)(=O)=O)c4OC)c4ccccc34)ccn2)ccc1C(=O)CCC1CCN(C)CC1. The van der Waals surface area contributed by atoms with Crippen molar-refractivity contribution in [2.24, 2.45) is 5.92 Å². The predicted molar refractivity (Wildman–Crippen MR) is 231 cm³/mol. The number of nitrogens with one attached hydrogen (secondary N) is 3. The lowest BCUT2D eigenvalue weighted by atomic mass is 9.86.